The molecule has 0 bridgehead atoms. The van der Waals surface area contributed by atoms with Gasteiger partial charge in [0.25, 0.3) is 0 Å². The molecule has 0 radical (unpaired) electrons. The molecule has 0 amide bonds. The second-order valence-corrected chi connectivity index (χ2v) is 5.66. The number of carboxylic acids is 1. The van der Waals surface area contributed by atoms with Gasteiger partial charge in [0.05, 0.1) is 5.56 Å². The van der Waals surface area contributed by atoms with Crippen LogP contribution in [0.3, 0.4) is 0 Å². The molecule has 0 fully saturated rings. The Morgan fingerprint density at radius 3 is 2.44 bits per heavy atom. The fourth-order valence-electron chi connectivity index (χ4n) is 2.45. The first-order valence-electron chi connectivity index (χ1n) is 8.03. The summed E-state index contributed by atoms with van der Waals surface area (Å²) in [5.41, 5.74) is 3.23. The molecule has 0 heterocycles. The van der Waals surface area contributed by atoms with Crippen molar-refractivity contribution < 1.29 is 14.6 Å². The monoisotopic (exact) mass is 333 g/mol. The highest BCUT2D eigenvalue weighted by Crippen LogP contribution is 2.17. The third-order valence-electron chi connectivity index (χ3n) is 3.75. The summed E-state index contributed by atoms with van der Waals surface area (Å²) in [6.45, 7) is 1.12. The Labute approximate surface area is 146 Å². The Balaban J connectivity index is 1.60. The maximum atomic E-state index is 11.0. The van der Waals surface area contributed by atoms with Crippen LogP contribution in [-0.4, -0.2) is 11.1 Å². The number of hydrogen-bond donors (Lipinski definition) is 2. The largest absolute Gasteiger partial charge is 0.489 e. The van der Waals surface area contributed by atoms with Crippen LogP contribution in [0.5, 0.6) is 5.75 Å². The van der Waals surface area contributed by atoms with Gasteiger partial charge in [0, 0.05) is 12.2 Å². The minimum atomic E-state index is -0.931. The van der Waals surface area contributed by atoms with Crippen LogP contribution >= 0.6 is 0 Å². The van der Waals surface area contributed by atoms with E-state index in [-0.39, 0.29) is 5.56 Å². The Morgan fingerprint density at radius 1 is 0.880 bits per heavy atom. The van der Waals surface area contributed by atoms with Crippen molar-refractivity contribution in [3.63, 3.8) is 0 Å². The van der Waals surface area contributed by atoms with Gasteiger partial charge in [-0.15, -0.1) is 0 Å². The van der Waals surface area contributed by atoms with Crippen LogP contribution in [0, 0.1) is 0 Å². The maximum Gasteiger partial charge on any atom is 0.335 e. The van der Waals surface area contributed by atoms with Crippen molar-refractivity contribution in [2.75, 3.05) is 5.32 Å². The Morgan fingerprint density at radius 2 is 1.64 bits per heavy atom. The van der Waals surface area contributed by atoms with Gasteiger partial charge < -0.3 is 15.2 Å². The Bertz CT molecular complexity index is 847. The zero-order valence-electron chi connectivity index (χ0n) is 13.7. The third-order valence-corrected chi connectivity index (χ3v) is 3.75. The lowest BCUT2D eigenvalue weighted by molar-refractivity contribution is 0.0697. The van der Waals surface area contributed by atoms with Gasteiger partial charge in [0.15, 0.2) is 0 Å². The zero-order valence-corrected chi connectivity index (χ0v) is 13.7. The lowest BCUT2D eigenvalue weighted by Crippen LogP contribution is -2.02. The summed E-state index contributed by atoms with van der Waals surface area (Å²) in [6.07, 6.45) is 0. The molecule has 3 aromatic rings. The maximum absolute atomic E-state index is 11.0. The molecule has 0 saturated carbocycles. The molecule has 0 aliphatic heterocycles. The van der Waals surface area contributed by atoms with Gasteiger partial charge in [-0.1, -0.05) is 48.5 Å². The highest BCUT2D eigenvalue weighted by Gasteiger charge is 2.03. The van der Waals surface area contributed by atoms with E-state index in [0.717, 1.165) is 22.6 Å². The summed E-state index contributed by atoms with van der Waals surface area (Å²) >= 11 is 0. The van der Waals surface area contributed by atoms with Gasteiger partial charge in [-0.05, 0) is 41.5 Å². The fraction of sp³-hybridized carbons (Fsp3) is 0.0952. The summed E-state index contributed by atoms with van der Waals surface area (Å²) in [7, 11) is 0. The lowest BCUT2D eigenvalue weighted by atomic mass is 10.2. The van der Waals surface area contributed by atoms with Gasteiger partial charge in [-0.2, -0.15) is 0 Å². The van der Waals surface area contributed by atoms with Crippen molar-refractivity contribution in [2.45, 2.75) is 13.2 Å². The van der Waals surface area contributed by atoms with E-state index in [1.807, 2.05) is 60.7 Å². The molecule has 0 spiro atoms. The van der Waals surface area contributed by atoms with Gasteiger partial charge in [-0.3, -0.25) is 0 Å². The van der Waals surface area contributed by atoms with Crippen molar-refractivity contribution in [1.82, 2.24) is 0 Å². The van der Waals surface area contributed by atoms with Crippen LogP contribution in [0.15, 0.2) is 78.9 Å². The molecule has 3 aromatic carbocycles. The number of hydrogen-bond acceptors (Lipinski definition) is 3. The molecule has 4 nitrogen and oxygen atoms in total. The highest BCUT2D eigenvalue weighted by atomic mass is 16.5. The SMILES string of the molecule is O=C(O)c1cccc(NCc2cccc(OCc3ccccc3)c2)c1. The molecule has 4 heteroatoms. The molecule has 0 saturated heterocycles. The number of benzene rings is 3. The summed E-state index contributed by atoms with van der Waals surface area (Å²) in [5, 5.41) is 12.3. The first kappa shape index (κ1) is 16.6. The van der Waals surface area contributed by atoms with E-state index in [0.29, 0.717) is 13.2 Å². The van der Waals surface area contributed by atoms with E-state index in [2.05, 4.69) is 5.32 Å². The second-order valence-electron chi connectivity index (χ2n) is 5.66. The van der Waals surface area contributed by atoms with Crippen molar-refractivity contribution in [1.29, 1.82) is 0 Å². The Kier molecular flexibility index (Phi) is 5.32. The van der Waals surface area contributed by atoms with Crippen LogP contribution in [-0.2, 0) is 13.2 Å². The molecular weight excluding hydrogens is 314 g/mol. The molecule has 0 aliphatic carbocycles. The van der Waals surface area contributed by atoms with Gasteiger partial charge in [-0.25, -0.2) is 4.79 Å². The van der Waals surface area contributed by atoms with Crippen LogP contribution in [0.4, 0.5) is 5.69 Å². The molecule has 126 valence electrons. The fourth-order valence-corrected chi connectivity index (χ4v) is 2.45. The first-order valence-corrected chi connectivity index (χ1v) is 8.03. The smallest absolute Gasteiger partial charge is 0.335 e. The van der Waals surface area contributed by atoms with E-state index < -0.39 is 5.97 Å². The van der Waals surface area contributed by atoms with Crippen LogP contribution < -0.4 is 10.1 Å². The number of carbonyl (C=O) groups is 1. The predicted octanol–water partition coefficient (Wildman–Crippen LogP) is 4.58. The van der Waals surface area contributed by atoms with E-state index >= 15 is 0 Å². The van der Waals surface area contributed by atoms with E-state index in [4.69, 9.17) is 9.84 Å². The average molecular weight is 333 g/mol. The number of rotatable bonds is 7. The molecule has 3 rings (SSSR count). The predicted molar refractivity (Wildman–Crippen MR) is 97.9 cm³/mol. The topological polar surface area (TPSA) is 58.6 Å². The van der Waals surface area contributed by atoms with Crippen LogP contribution in [0.2, 0.25) is 0 Å². The van der Waals surface area contributed by atoms with Crippen molar-refractivity contribution in [3.05, 3.63) is 95.6 Å². The highest BCUT2D eigenvalue weighted by molar-refractivity contribution is 5.88. The van der Waals surface area contributed by atoms with Gasteiger partial charge in [0.2, 0.25) is 0 Å². The summed E-state index contributed by atoms with van der Waals surface area (Å²) in [6, 6.07) is 24.7. The van der Waals surface area contributed by atoms with Crippen molar-refractivity contribution in [3.8, 4) is 5.75 Å². The molecule has 0 atom stereocenters. The minimum absolute atomic E-state index is 0.268. The zero-order chi connectivity index (χ0) is 17.5. The molecule has 0 unspecified atom stereocenters. The normalized spacial score (nSPS) is 10.2. The number of carboxylic acid groups (broad SMARTS) is 1. The van der Waals surface area contributed by atoms with Crippen LogP contribution in [0.1, 0.15) is 21.5 Å². The number of nitrogens with one attached hydrogen (secondary N) is 1. The lowest BCUT2D eigenvalue weighted by Gasteiger charge is -2.10. The second kappa shape index (κ2) is 8.02. The molecular formula is C21H19NO3. The summed E-state index contributed by atoms with van der Waals surface area (Å²) < 4.78 is 5.83. The Hall–Kier alpha value is -3.27. The molecule has 0 aliphatic rings. The molecule has 25 heavy (non-hydrogen) atoms. The number of aromatic carboxylic acids is 1. The molecule has 0 aromatic heterocycles. The molecule has 2 N–H and O–H groups in total. The summed E-state index contributed by atoms with van der Waals surface area (Å²) in [4.78, 5) is 11.0. The van der Waals surface area contributed by atoms with E-state index in [9.17, 15) is 4.79 Å². The van der Waals surface area contributed by atoms with Gasteiger partial charge >= 0.3 is 5.97 Å². The number of anilines is 1. The average Bonchev–Trinajstić information content (AvgIpc) is 2.66. The van der Waals surface area contributed by atoms with Crippen LogP contribution in [0.25, 0.3) is 0 Å². The van der Waals surface area contributed by atoms with E-state index in [1.54, 1.807) is 18.2 Å². The summed E-state index contributed by atoms with van der Waals surface area (Å²) in [5.74, 6) is -0.123. The first-order chi connectivity index (χ1) is 12.2. The van der Waals surface area contributed by atoms with E-state index in [1.165, 1.54) is 0 Å². The third kappa shape index (κ3) is 4.85. The standard InChI is InChI=1S/C21H19NO3/c23-21(24)18-9-5-10-19(13-18)22-14-17-8-4-11-20(12-17)25-15-16-6-2-1-3-7-16/h1-13,22H,14-15H2,(H,23,24). The van der Waals surface area contributed by atoms with Crippen molar-refractivity contribution >= 4 is 11.7 Å². The quantitative estimate of drug-likeness (QED) is 0.665. The number of ether oxygens (including phenoxy) is 1. The van der Waals surface area contributed by atoms with Gasteiger partial charge in [0.1, 0.15) is 12.4 Å². The van der Waals surface area contributed by atoms with Crippen molar-refractivity contribution in [2.24, 2.45) is 0 Å². The minimum Gasteiger partial charge on any atom is -0.489 e.